The molecule has 1 fully saturated rings. The first-order valence-electron chi connectivity index (χ1n) is 11.0. The SMILES string of the molecule is Cc1ccccc1C(=O)NC(C(=O)NC1CCN(c2ccc(C(F)(F)F)cn2)CC1)C(C)C. The third kappa shape index (κ3) is 6.24. The lowest BCUT2D eigenvalue weighted by Crippen LogP contribution is -2.54. The van der Waals surface area contributed by atoms with Gasteiger partial charge >= 0.3 is 6.18 Å². The Balaban J connectivity index is 1.55. The topological polar surface area (TPSA) is 74.3 Å². The van der Waals surface area contributed by atoms with Crippen LogP contribution in [0.2, 0.25) is 0 Å². The number of nitrogens with one attached hydrogen (secondary N) is 2. The zero-order valence-corrected chi connectivity index (χ0v) is 18.9. The first-order valence-corrected chi connectivity index (χ1v) is 11.0. The maximum Gasteiger partial charge on any atom is 0.417 e. The molecule has 178 valence electrons. The summed E-state index contributed by atoms with van der Waals surface area (Å²) in [6.07, 6.45) is -2.31. The van der Waals surface area contributed by atoms with Crippen LogP contribution in [-0.4, -0.2) is 42.0 Å². The molecule has 1 aliphatic rings. The third-order valence-corrected chi connectivity index (χ3v) is 5.87. The van der Waals surface area contributed by atoms with Crippen LogP contribution in [0.25, 0.3) is 0 Å². The van der Waals surface area contributed by atoms with E-state index < -0.39 is 17.8 Å². The number of pyridine rings is 1. The number of aromatic nitrogens is 1. The van der Waals surface area contributed by atoms with Crippen LogP contribution in [0.3, 0.4) is 0 Å². The molecule has 3 rings (SSSR count). The fourth-order valence-corrected chi connectivity index (χ4v) is 3.87. The summed E-state index contributed by atoms with van der Waals surface area (Å²) in [5.41, 5.74) is 0.594. The molecule has 9 heteroatoms. The number of anilines is 1. The van der Waals surface area contributed by atoms with E-state index in [1.807, 2.05) is 37.8 Å². The molecule has 0 saturated carbocycles. The Morgan fingerprint density at radius 2 is 1.76 bits per heavy atom. The molecule has 0 radical (unpaired) electrons. The van der Waals surface area contributed by atoms with Crippen LogP contribution in [0.15, 0.2) is 42.6 Å². The zero-order chi connectivity index (χ0) is 24.2. The second kappa shape index (κ2) is 10.2. The second-order valence-electron chi connectivity index (χ2n) is 8.68. The normalized spacial score (nSPS) is 15.9. The third-order valence-electron chi connectivity index (χ3n) is 5.87. The number of hydrogen-bond acceptors (Lipinski definition) is 4. The van der Waals surface area contributed by atoms with Crippen molar-refractivity contribution in [1.29, 1.82) is 0 Å². The lowest BCUT2D eigenvalue weighted by Gasteiger charge is -2.34. The Labute approximate surface area is 191 Å². The van der Waals surface area contributed by atoms with E-state index in [1.54, 1.807) is 12.1 Å². The van der Waals surface area contributed by atoms with Crippen molar-refractivity contribution in [2.24, 2.45) is 5.92 Å². The molecule has 2 N–H and O–H groups in total. The lowest BCUT2D eigenvalue weighted by molar-refractivity contribution is -0.137. The highest BCUT2D eigenvalue weighted by molar-refractivity contribution is 5.98. The number of amides is 2. The van der Waals surface area contributed by atoms with Crippen molar-refractivity contribution < 1.29 is 22.8 Å². The number of carbonyl (C=O) groups excluding carboxylic acids is 2. The minimum Gasteiger partial charge on any atom is -0.356 e. The minimum absolute atomic E-state index is 0.0835. The van der Waals surface area contributed by atoms with Gasteiger partial charge in [-0.2, -0.15) is 13.2 Å². The summed E-state index contributed by atoms with van der Waals surface area (Å²) in [6.45, 7) is 6.72. The molecule has 1 aromatic heterocycles. The maximum atomic E-state index is 12.9. The van der Waals surface area contributed by atoms with Crippen LogP contribution in [-0.2, 0) is 11.0 Å². The number of halogens is 3. The average molecular weight is 463 g/mol. The molecule has 1 saturated heterocycles. The molecular formula is C24H29F3N4O2. The van der Waals surface area contributed by atoms with E-state index in [-0.39, 0.29) is 23.8 Å². The van der Waals surface area contributed by atoms with Gasteiger partial charge in [0.05, 0.1) is 5.56 Å². The van der Waals surface area contributed by atoms with Gasteiger partial charge in [0.15, 0.2) is 0 Å². The highest BCUT2D eigenvalue weighted by atomic mass is 19.4. The second-order valence-corrected chi connectivity index (χ2v) is 8.68. The van der Waals surface area contributed by atoms with Crippen LogP contribution >= 0.6 is 0 Å². The lowest BCUT2D eigenvalue weighted by atomic mass is 9.99. The van der Waals surface area contributed by atoms with E-state index in [9.17, 15) is 22.8 Å². The van der Waals surface area contributed by atoms with E-state index in [4.69, 9.17) is 0 Å². The Morgan fingerprint density at radius 1 is 1.09 bits per heavy atom. The van der Waals surface area contributed by atoms with E-state index in [0.29, 0.717) is 37.3 Å². The number of hydrogen-bond donors (Lipinski definition) is 2. The van der Waals surface area contributed by atoms with Gasteiger partial charge in [-0.1, -0.05) is 32.0 Å². The van der Waals surface area contributed by atoms with Gasteiger partial charge in [-0.05, 0) is 49.4 Å². The molecule has 6 nitrogen and oxygen atoms in total. The summed E-state index contributed by atoms with van der Waals surface area (Å²) in [5, 5.41) is 5.87. The number of nitrogens with zero attached hydrogens (tertiary/aromatic N) is 2. The molecule has 2 aromatic rings. The van der Waals surface area contributed by atoms with Crippen molar-refractivity contribution >= 4 is 17.6 Å². The minimum atomic E-state index is -4.41. The van der Waals surface area contributed by atoms with Crippen LogP contribution in [0, 0.1) is 12.8 Å². The summed E-state index contributed by atoms with van der Waals surface area (Å²) in [4.78, 5) is 31.5. The first kappa shape index (κ1) is 24.5. The molecule has 1 atom stereocenters. The summed E-state index contributed by atoms with van der Waals surface area (Å²) >= 11 is 0. The van der Waals surface area contributed by atoms with Crippen molar-refractivity contribution in [3.8, 4) is 0 Å². The highest BCUT2D eigenvalue weighted by Crippen LogP contribution is 2.29. The largest absolute Gasteiger partial charge is 0.417 e. The molecule has 1 unspecified atom stereocenters. The number of piperidine rings is 1. The summed E-state index contributed by atoms with van der Waals surface area (Å²) in [5.74, 6) is -0.143. The Hall–Kier alpha value is -3.10. The van der Waals surface area contributed by atoms with Crippen molar-refractivity contribution in [1.82, 2.24) is 15.6 Å². The molecule has 1 aliphatic heterocycles. The smallest absolute Gasteiger partial charge is 0.356 e. The summed E-state index contributed by atoms with van der Waals surface area (Å²) in [6, 6.07) is 8.85. The number of carbonyl (C=O) groups is 2. The highest BCUT2D eigenvalue weighted by Gasteiger charge is 2.32. The van der Waals surface area contributed by atoms with Crippen molar-refractivity contribution in [2.75, 3.05) is 18.0 Å². The molecule has 1 aromatic carbocycles. The molecular weight excluding hydrogens is 433 g/mol. The number of rotatable bonds is 6. The van der Waals surface area contributed by atoms with Gasteiger partial charge in [-0.25, -0.2) is 4.98 Å². The van der Waals surface area contributed by atoms with Crippen LogP contribution in [0.5, 0.6) is 0 Å². The quantitative estimate of drug-likeness (QED) is 0.682. The molecule has 0 bridgehead atoms. The number of alkyl halides is 3. The van der Waals surface area contributed by atoms with E-state index in [1.165, 1.54) is 6.07 Å². The Bertz CT molecular complexity index is 968. The van der Waals surface area contributed by atoms with Gasteiger partial charge < -0.3 is 15.5 Å². The van der Waals surface area contributed by atoms with Gasteiger partial charge in [0.25, 0.3) is 5.91 Å². The number of aryl methyl sites for hydroxylation is 1. The standard InChI is InChI=1S/C24H29F3N4O2/c1-15(2)21(30-22(32)19-7-5-4-6-16(19)3)23(33)29-18-10-12-31(13-11-18)20-9-8-17(14-28-20)24(25,26)27/h4-9,14-15,18,21H,10-13H2,1-3H3,(H,29,33)(H,30,32). The fourth-order valence-electron chi connectivity index (χ4n) is 3.87. The van der Waals surface area contributed by atoms with E-state index >= 15 is 0 Å². The van der Waals surface area contributed by atoms with E-state index in [0.717, 1.165) is 17.8 Å². The molecule has 0 aliphatic carbocycles. The molecule has 2 amide bonds. The fraction of sp³-hybridized carbons (Fsp3) is 0.458. The Morgan fingerprint density at radius 3 is 2.30 bits per heavy atom. The summed E-state index contributed by atoms with van der Waals surface area (Å²) < 4.78 is 38.2. The van der Waals surface area contributed by atoms with Gasteiger partial charge in [0.2, 0.25) is 5.91 Å². The van der Waals surface area contributed by atoms with Crippen LogP contribution < -0.4 is 15.5 Å². The molecule has 0 spiro atoms. The van der Waals surface area contributed by atoms with Gasteiger partial charge in [0.1, 0.15) is 11.9 Å². The molecule has 2 heterocycles. The van der Waals surface area contributed by atoms with Gasteiger partial charge in [-0.15, -0.1) is 0 Å². The van der Waals surface area contributed by atoms with Crippen LogP contribution in [0.4, 0.5) is 19.0 Å². The van der Waals surface area contributed by atoms with Gasteiger partial charge in [-0.3, -0.25) is 9.59 Å². The van der Waals surface area contributed by atoms with Gasteiger partial charge in [0, 0.05) is 30.9 Å². The predicted molar refractivity (Wildman–Crippen MR) is 120 cm³/mol. The zero-order valence-electron chi connectivity index (χ0n) is 18.9. The Kier molecular flexibility index (Phi) is 7.61. The van der Waals surface area contributed by atoms with E-state index in [2.05, 4.69) is 15.6 Å². The van der Waals surface area contributed by atoms with Crippen molar-refractivity contribution in [2.45, 2.75) is 51.9 Å². The van der Waals surface area contributed by atoms with Crippen molar-refractivity contribution in [3.05, 3.63) is 59.3 Å². The van der Waals surface area contributed by atoms with Crippen LogP contribution in [0.1, 0.15) is 48.2 Å². The van der Waals surface area contributed by atoms with Crippen molar-refractivity contribution in [3.63, 3.8) is 0 Å². The summed E-state index contributed by atoms with van der Waals surface area (Å²) in [7, 11) is 0. The molecule has 33 heavy (non-hydrogen) atoms. The maximum absolute atomic E-state index is 12.9. The first-order chi connectivity index (χ1) is 15.6. The average Bonchev–Trinajstić information content (AvgIpc) is 2.77. The predicted octanol–water partition coefficient (Wildman–Crippen LogP) is 3.95. The number of benzene rings is 1. The monoisotopic (exact) mass is 462 g/mol.